The summed E-state index contributed by atoms with van der Waals surface area (Å²) in [4.78, 5) is 38.2. The van der Waals surface area contributed by atoms with E-state index in [1.165, 1.54) is 244 Å². The predicted octanol–water partition coefficient (Wildman–Crippen LogP) is 20.8. The van der Waals surface area contributed by atoms with Gasteiger partial charge < -0.3 is 14.2 Å². The van der Waals surface area contributed by atoms with Crippen molar-refractivity contribution in [3.05, 3.63) is 0 Å². The van der Waals surface area contributed by atoms with Crippen molar-refractivity contribution in [3.8, 4) is 0 Å². The molecule has 0 aromatic carbocycles. The zero-order valence-electron chi connectivity index (χ0n) is 47.5. The van der Waals surface area contributed by atoms with Gasteiger partial charge in [-0.05, 0) is 31.1 Å². The lowest BCUT2D eigenvalue weighted by molar-refractivity contribution is -0.167. The molecule has 2 atom stereocenters. The van der Waals surface area contributed by atoms with E-state index in [9.17, 15) is 14.4 Å². The molecule has 0 fully saturated rings. The van der Waals surface area contributed by atoms with Crippen molar-refractivity contribution in [2.45, 2.75) is 362 Å². The fourth-order valence-electron chi connectivity index (χ4n) is 9.73. The standard InChI is InChI=1S/C63H122O6/c1-6-8-9-10-11-12-13-14-15-16-20-23-26-29-32-38-43-48-53-61(64)67-56-60(57-68-62(65)54-49-44-39-35-34-36-41-46-51-58(3)4)69-63(66)55-50-45-40-33-30-27-24-21-18-17-19-22-25-28-31-37-42-47-52-59(5)7-2/h58-60H,6-57H2,1-5H3/t59?,60-/m0/s1. The minimum Gasteiger partial charge on any atom is -0.462 e. The van der Waals surface area contributed by atoms with Gasteiger partial charge >= 0.3 is 17.9 Å². The third kappa shape index (κ3) is 55.6. The molecular formula is C63H122O6. The van der Waals surface area contributed by atoms with Gasteiger partial charge in [-0.3, -0.25) is 14.4 Å². The minimum absolute atomic E-state index is 0.0626. The maximum atomic E-state index is 12.9. The number of hydrogen-bond donors (Lipinski definition) is 0. The zero-order chi connectivity index (χ0) is 50.4. The Morgan fingerprint density at radius 2 is 0.551 bits per heavy atom. The number of hydrogen-bond acceptors (Lipinski definition) is 6. The van der Waals surface area contributed by atoms with Crippen LogP contribution in [-0.4, -0.2) is 37.2 Å². The molecule has 69 heavy (non-hydrogen) atoms. The largest absolute Gasteiger partial charge is 0.462 e. The summed E-state index contributed by atoms with van der Waals surface area (Å²) < 4.78 is 16.9. The molecule has 0 spiro atoms. The normalized spacial score (nSPS) is 12.4. The lowest BCUT2D eigenvalue weighted by Crippen LogP contribution is -2.30. The highest BCUT2D eigenvalue weighted by atomic mass is 16.6. The molecule has 6 heteroatoms. The van der Waals surface area contributed by atoms with E-state index in [1.807, 2.05) is 0 Å². The summed E-state index contributed by atoms with van der Waals surface area (Å²) in [5.41, 5.74) is 0. The molecule has 6 nitrogen and oxygen atoms in total. The Morgan fingerprint density at radius 1 is 0.304 bits per heavy atom. The molecule has 0 aliphatic heterocycles. The molecule has 0 N–H and O–H groups in total. The van der Waals surface area contributed by atoms with Crippen molar-refractivity contribution in [2.75, 3.05) is 13.2 Å². The van der Waals surface area contributed by atoms with Crippen LogP contribution in [-0.2, 0) is 28.6 Å². The lowest BCUT2D eigenvalue weighted by Gasteiger charge is -2.18. The first-order chi connectivity index (χ1) is 33.8. The maximum absolute atomic E-state index is 12.9. The maximum Gasteiger partial charge on any atom is 0.306 e. The highest BCUT2D eigenvalue weighted by Crippen LogP contribution is 2.19. The Labute approximate surface area is 431 Å². The molecule has 0 aliphatic carbocycles. The van der Waals surface area contributed by atoms with E-state index < -0.39 is 6.10 Å². The highest BCUT2D eigenvalue weighted by Gasteiger charge is 2.19. The number of carbonyl (C=O) groups is 3. The molecule has 0 rings (SSSR count). The summed E-state index contributed by atoms with van der Waals surface area (Å²) in [6.45, 7) is 11.4. The second-order valence-electron chi connectivity index (χ2n) is 22.4. The van der Waals surface area contributed by atoms with E-state index >= 15 is 0 Å². The Bertz CT molecular complexity index is 1060. The Balaban J connectivity index is 4.22. The third-order valence-electron chi connectivity index (χ3n) is 14.8. The average Bonchev–Trinajstić information content (AvgIpc) is 3.34. The highest BCUT2D eigenvalue weighted by molar-refractivity contribution is 5.71. The molecule has 0 radical (unpaired) electrons. The van der Waals surface area contributed by atoms with Gasteiger partial charge in [-0.15, -0.1) is 0 Å². The van der Waals surface area contributed by atoms with Gasteiger partial charge in [-0.1, -0.05) is 317 Å². The molecule has 0 heterocycles. The average molecular weight is 976 g/mol. The second-order valence-corrected chi connectivity index (χ2v) is 22.4. The Hall–Kier alpha value is -1.59. The number of esters is 3. The SMILES string of the molecule is CCCCCCCCCCCCCCCCCCCCC(=O)OC[C@@H](COC(=O)CCCCCCCCCCC(C)C)OC(=O)CCCCCCCCCCCCCCCCCCCCC(C)CC. The van der Waals surface area contributed by atoms with Crippen LogP contribution < -0.4 is 0 Å². The van der Waals surface area contributed by atoms with Crippen molar-refractivity contribution in [2.24, 2.45) is 11.8 Å². The van der Waals surface area contributed by atoms with Crippen LogP contribution in [0.5, 0.6) is 0 Å². The van der Waals surface area contributed by atoms with Crippen LogP contribution in [0.4, 0.5) is 0 Å². The summed E-state index contributed by atoms with van der Waals surface area (Å²) in [6, 6.07) is 0. The Morgan fingerprint density at radius 3 is 0.826 bits per heavy atom. The van der Waals surface area contributed by atoms with Crippen LogP contribution in [0.25, 0.3) is 0 Å². The van der Waals surface area contributed by atoms with E-state index in [0.717, 1.165) is 69.6 Å². The van der Waals surface area contributed by atoms with Gasteiger partial charge in [0.25, 0.3) is 0 Å². The molecule has 0 aromatic rings. The third-order valence-corrected chi connectivity index (χ3v) is 14.8. The van der Waals surface area contributed by atoms with Crippen LogP contribution in [0, 0.1) is 11.8 Å². The lowest BCUT2D eigenvalue weighted by atomic mass is 9.99. The number of ether oxygens (including phenoxy) is 3. The molecule has 0 aromatic heterocycles. The van der Waals surface area contributed by atoms with Crippen LogP contribution in [0.1, 0.15) is 356 Å². The molecular weight excluding hydrogens is 853 g/mol. The summed E-state index contributed by atoms with van der Waals surface area (Å²) in [6.07, 6.45) is 61.1. The summed E-state index contributed by atoms with van der Waals surface area (Å²) in [7, 11) is 0. The smallest absolute Gasteiger partial charge is 0.306 e. The first-order valence-corrected chi connectivity index (χ1v) is 31.3. The van der Waals surface area contributed by atoms with Crippen LogP contribution >= 0.6 is 0 Å². The summed E-state index contributed by atoms with van der Waals surface area (Å²) in [5, 5.41) is 0. The quantitative estimate of drug-likeness (QED) is 0.0343. The molecule has 0 aliphatic rings. The molecule has 0 saturated carbocycles. The number of unbranched alkanes of at least 4 members (excludes halogenated alkanes) is 41. The first kappa shape index (κ1) is 67.4. The Kier molecular flexibility index (Phi) is 54.4. The van der Waals surface area contributed by atoms with Crippen molar-refractivity contribution in [3.63, 3.8) is 0 Å². The zero-order valence-corrected chi connectivity index (χ0v) is 47.5. The minimum atomic E-state index is -0.763. The molecule has 410 valence electrons. The van der Waals surface area contributed by atoms with Gasteiger partial charge in [0.1, 0.15) is 13.2 Å². The molecule has 0 bridgehead atoms. The predicted molar refractivity (Wildman–Crippen MR) is 298 cm³/mol. The number of rotatable bonds is 57. The summed E-state index contributed by atoms with van der Waals surface area (Å²) >= 11 is 0. The van der Waals surface area contributed by atoms with Crippen molar-refractivity contribution in [1.82, 2.24) is 0 Å². The topological polar surface area (TPSA) is 78.9 Å². The first-order valence-electron chi connectivity index (χ1n) is 31.3. The summed E-state index contributed by atoms with van der Waals surface area (Å²) in [5.74, 6) is 0.868. The van der Waals surface area contributed by atoms with Crippen LogP contribution in [0.2, 0.25) is 0 Å². The second kappa shape index (κ2) is 55.7. The fraction of sp³-hybridized carbons (Fsp3) is 0.952. The van der Waals surface area contributed by atoms with Crippen molar-refractivity contribution in [1.29, 1.82) is 0 Å². The van der Waals surface area contributed by atoms with E-state index in [4.69, 9.17) is 14.2 Å². The van der Waals surface area contributed by atoms with E-state index in [-0.39, 0.29) is 31.1 Å². The van der Waals surface area contributed by atoms with Gasteiger partial charge in [-0.2, -0.15) is 0 Å². The van der Waals surface area contributed by atoms with E-state index in [2.05, 4.69) is 34.6 Å². The monoisotopic (exact) mass is 975 g/mol. The number of carbonyl (C=O) groups excluding carboxylic acids is 3. The van der Waals surface area contributed by atoms with Crippen LogP contribution in [0.15, 0.2) is 0 Å². The van der Waals surface area contributed by atoms with Gasteiger partial charge in [0.05, 0.1) is 0 Å². The fourth-order valence-corrected chi connectivity index (χ4v) is 9.73. The molecule has 1 unspecified atom stereocenters. The molecule has 0 amide bonds. The van der Waals surface area contributed by atoms with E-state index in [0.29, 0.717) is 19.3 Å². The van der Waals surface area contributed by atoms with Gasteiger partial charge in [0.15, 0.2) is 6.10 Å². The van der Waals surface area contributed by atoms with Crippen molar-refractivity contribution < 1.29 is 28.6 Å². The van der Waals surface area contributed by atoms with E-state index in [1.54, 1.807) is 0 Å². The van der Waals surface area contributed by atoms with Crippen LogP contribution in [0.3, 0.4) is 0 Å². The van der Waals surface area contributed by atoms with Gasteiger partial charge in [0, 0.05) is 19.3 Å². The van der Waals surface area contributed by atoms with Gasteiger partial charge in [0.2, 0.25) is 0 Å². The van der Waals surface area contributed by atoms with Crippen molar-refractivity contribution >= 4 is 17.9 Å². The van der Waals surface area contributed by atoms with Gasteiger partial charge in [-0.25, -0.2) is 0 Å². The molecule has 0 saturated heterocycles.